The molecule has 0 radical (unpaired) electrons. The highest BCUT2D eigenvalue weighted by Gasteiger charge is 2.22. The molecule has 2 fully saturated rings. The van der Waals surface area contributed by atoms with Gasteiger partial charge in [0, 0.05) is 44.3 Å². The number of nitrogens with zero attached hydrogens (tertiary/aromatic N) is 2. The summed E-state index contributed by atoms with van der Waals surface area (Å²) < 4.78 is 5.79. The normalized spacial score (nSPS) is 27.4. The van der Waals surface area contributed by atoms with Crippen LogP contribution in [0.4, 0.5) is 0 Å². The highest BCUT2D eigenvalue weighted by Crippen LogP contribution is 2.16. The zero-order valence-electron chi connectivity index (χ0n) is 17.1. The molecular weight excluding hydrogens is 338 g/mol. The topological polar surface area (TPSA) is 44.8 Å². The molecule has 1 aromatic carbocycles. The molecule has 3 atom stereocenters. The number of benzene rings is 1. The first-order chi connectivity index (χ1) is 13.0. The van der Waals surface area contributed by atoms with Gasteiger partial charge in [0.1, 0.15) is 0 Å². The number of piperidine rings is 1. The summed E-state index contributed by atoms with van der Waals surface area (Å²) >= 11 is 0. The Morgan fingerprint density at radius 2 is 1.81 bits per heavy atom. The van der Waals surface area contributed by atoms with Crippen molar-refractivity contribution in [3.05, 3.63) is 35.4 Å². The maximum Gasteiger partial charge on any atom is 0.251 e. The Morgan fingerprint density at radius 3 is 2.48 bits per heavy atom. The Labute approximate surface area is 164 Å². The zero-order chi connectivity index (χ0) is 19.2. The van der Waals surface area contributed by atoms with E-state index in [-0.39, 0.29) is 18.1 Å². The van der Waals surface area contributed by atoms with Crippen molar-refractivity contribution >= 4 is 5.91 Å². The Bertz CT molecular complexity index is 594. The van der Waals surface area contributed by atoms with Crippen LogP contribution in [0.1, 0.15) is 56.0 Å². The summed E-state index contributed by atoms with van der Waals surface area (Å²) in [5, 5.41) is 3.07. The maximum absolute atomic E-state index is 12.4. The van der Waals surface area contributed by atoms with Crippen molar-refractivity contribution in [3.63, 3.8) is 0 Å². The van der Waals surface area contributed by atoms with Crippen LogP contribution >= 0.6 is 0 Å². The Kier molecular flexibility index (Phi) is 7.27. The predicted molar refractivity (Wildman–Crippen MR) is 109 cm³/mol. The first-order valence-electron chi connectivity index (χ1n) is 10.5. The molecule has 1 N–H and O–H groups in total. The SMILES string of the molecule is CC1CN(Cc2ccc(C(=O)NCCN3CCCCC3C)cc2)CC(C)O1. The fourth-order valence-corrected chi connectivity index (χ4v) is 4.34. The number of morpholine rings is 1. The second-order valence-electron chi connectivity index (χ2n) is 8.28. The van der Waals surface area contributed by atoms with Crippen LogP contribution in [-0.2, 0) is 11.3 Å². The summed E-state index contributed by atoms with van der Waals surface area (Å²) in [6.45, 7) is 12.2. The lowest BCUT2D eigenvalue weighted by Gasteiger charge is -2.35. The number of nitrogens with one attached hydrogen (secondary N) is 1. The summed E-state index contributed by atoms with van der Waals surface area (Å²) in [4.78, 5) is 17.3. The van der Waals surface area contributed by atoms with Crippen molar-refractivity contribution in [2.45, 2.75) is 64.8 Å². The average Bonchev–Trinajstić information content (AvgIpc) is 2.63. The van der Waals surface area contributed by atoms with Crippen LogP contribution in [0.5, 0.6) is 0 Å². The molecule has 1 amide bonds. The first kappa shape index (κ1) is 20.3. The molecule has 2 heterocycles. The zero-order valence-corrected chi connectivity index (χ0v) is 17.1. The van der Waals surface area contributed by atoms with Crippen molar-refractivity contribution in [1.29, 1.82) is 0 Å². The van der Waals surface area contributed by atoms with E-state index in [1.54, 1.807) is 0 Å². The van der Waals surface area contributed by atoms with E-state index in [4.69, 9.17) is 4.74 Å². The van der Waals surface area contributed by atoms with Crippen LogP contribution in [0.15, 0.2) is 24.3 Å². The quantitative estimate of drug-likeness (QED) is 0.833. The lowest BCUT2D eigenvalue weighted by molar-refractivity contribution is -0.0704. The van der Waals surface area contributed by atoms with Crippen molar-refractivity contribution in [2.75, 3.05) is 32.7 Å². The van der Waals surface area contributed by atoms with Crippen LogP contribution in [0.3, 0.4) is 0 Å². The highest BCUT2D eigenvalue weighted by atomic mass is 16.5. The number of carbonyl (C=O) groups excluding carboxylic acids is 1. The molecule has 2 saturated heterocycles. The molecule has 0 saturated carbocycles. The van der Waals surface area contributed by atoms with Gasteiger partial charge in [0.05, 0.1) is 12.2 Å². The van der Waals surface area contributed by atoms with Gasteiger partial charge in [-0.15, -0.1) is 0 Å². The van der Waals surface area contributed by atoms with E-state index in [9.17, 15) is 4.79 Å². The van der Waals surface area contributed by atoms with Crippen molar-refractivity contribution in [2.24, 2.45) is 0 Å². The Balaban J connectivity index is 1.44. The monoisotopic (exact) mass is 373 g/mol. The van der Waals surface area contributed by atoms with E-state index in [1.807, 2.05) is 12.1 Å². The predicted octanol–water partition coefficient (Wildman–Crippen LogP) is 2.90. The number of rotatable bonds is 6. The molecule has 5 nitrogen and oxygen atoms in total. The third-order valence-corrected chi connectivity index (χ3v) is 5.74. The van der Waals surface area contributed by atoms with Gasteiger partial charge in [-0.2, -0.15) is 0 Å². The largest absolute Gasteiger partial charge is 0.373 e. The van der Waals surface area contributed by atoms with Crippen molar-refractivity contribution in [3.8, 4) is 0 Å². The molecule has 3 unspecified atom stereocenters. The third kappa shape index (κ3) is 6.03. The summed E-state index contributed by atoms with van der Waals surface area (Å²) in [6.07, 6.45) is 4.44. The number of likely N-dealkylation sites (tertiary alicyclic amines) is 1. The lowest BCUT2D eigenvalue weighted by Crippen LogP contribution is -2.44. The number of hydrogen-bond acceptors (Lipinski definition) is 4. The average molecular weight is 374 g/mol. The van der Waals surface area contributed by atoms with Gasteiger partial charge >= 0.3 is 0 Å². The molecule has 3 rings (SSSR count). The molecule has 2 aliphatic heterocycles. The smallest absolute Gasteiger partial charge is 0.251 e. The highest BCUT2D eigenvalue weighted by molar-refractivity contribution is 5.94. The molecule has 0 aromatic heterocycles. The van der Waals surface area contributed by atoms with E-state index in [1.165, 1.54) is 24.8 Å². The van der Waals surface area contributed by atoms with Crippen LogP contribution in [0.25, 0.3) is 0 Å². The van der Waals surface area contributed by atoms with Gasteiger partial charge in [-0.1, -0.05) is 18.6 Å². The molecule has 0 bridgehead atoms. The van der Waals surface area contributed by atoms with Gasteiger partial charge < -0.3 is 10.1 Å². The minimum Gasteiger partial charge on any atom is -0.373 e. The number of ether oxygens (including phenoxy) is 1. The van der Waals surface area contributed by atoms with Gasteiger partial charge in [0.25, 0.3) is 5.91 Å². The second-order valence-corrected chi connectivity index (χ2v) is 8.28. The van der Waals surface area contributed by atoms with Gasteiger partial charge in [-0.25, -0.2) is 0 Å². The summed E-state index contributed by atoms with van der Waals surface area (Å²) in [5.74, 6) is 0.0276. The Morgan fingerprint density at radius 1 is 1.11 bits per heavy atom. The molecule has 2 aliphatic rings. The fraction of sp³-hybridized carbons (Fsp3) is 0.682. The van der Waals surface area contributed by atoms with E-state index >= 15 is 0 Å². The van der Waals surface area contributed by atoms with Crippen molar-refractivity contribution < 1.29 is 9.53 Å². The molecule has 150 valence electrons. The molecule has 0 spiro atoms. The first-order valence-corrected chi connectivity index (χ1v) is 10.5. The maximum atomic E-state index is 12.4. The van der Waals surface area contributed by atoms with E-state index < -0.39 is 0 Å². The van der Waals surface area contributed by atoms with Gasteiger partial charge in [0.2, 0.25) is 0 Å². The fourth-order valence-electron chi connectivity index (χ4n) is 4.34. The standard InChI is InChI=1S/C22H35N3O2/c1-17-6-4-5-12-25(17)13-11-23-22(26)21-9-7-20(8-10-21)16-24-14-18(2)27-19(3)15-24/h7-10,17-19H,4-6,11-16H2,1-3H3,(H,23,26). The molecule has 1 aromatic rings. The van der Waals surface area contributed by atoms with Crippen LogP contribution < -0.4 is 5.32 Å². The van der Waals surface area contributed by atoms with Crippen LogP contribution in [0, 0.1) is 0 Å². The minimum atomic E-state index is 0.0276. The number of amides is 1. The van der Waals surface area contributed by atoms with Gasteiger partial charge in [-0.3, -0.25) is 14.6 Å². The third-order valence-electron chi connectivity index (χ3n) is 5.74. The Hall–Kier alpha value is -1.43. The van der Waals surface area contributed by atoms with E-state index in [2.05, 4.69) is 48.0 Å². The summed E-state index contributed by atoms with van der Waals surface area (Å²) in [5.41, 5.74) is 1.99. The summed E-state index contributed by atoms with van der Waals surface area (Å²) in [6, 6.07) is 8.68. The van der Waals surface area contributed by atoms with E-state index in [0.717, 1.165) is 38.3 Å². The second kappa shape index (κ2) is 9.67. The van der Waals surface area contributed by atoms with Crippen LogP contribution in [-0.4, -0.2) is 66.7 Å². The van der Waals surface area contributed by atoms with Crippen LogP contribution in [0.2, 0.25) is 0 Å². The molecule has 0 aliphatic carbocycles. The minimum absolute atomic E-state index is 0.0276. The molecule has 5 heteroatoms. The van der Waals surface area contributed by atoms with Gasteiger partial charge in [0.15, 0.2) is 0 Å². The lowest BCUT2D eigenvalue weighted by atomic mass is 10.0. The molecular formula is C22H35N3O2. The van der Waals surface area contributed by atoms with Gasteiger partial charge in [-0.05, 0) is 57.9 Å². The molecule has 27 heavy (non-hydrogen) atoms. The number of hydrogen-bond donors (Lipinski definition) is 1. The van der Waals surface area contributed by atoms with Crippen molar-refractivity contribution in [1.82, 2.24) is 15.1 Å². The summed E-state index contributed by atoms with van der Waals surface area (Å²) in [7, 11) is 0. The van der Waals surface area contributed by atoms with E-state index in [0.29, 0.717) is 12.6 Å². The number of carbonyl (C=O) groups is 1.